The number of phenolic OH excluding ortho intramolecular Hbond substituents is 1. The molecular formula is C23H26N2O5. The highest BCUT2D eigenvalue weighted by atomic mass is 16.6. The van der Waals surface area contributed by atoms with Gasteiger partial charge in [0.15, 0.2) is 17.6 Å². The molecule has 2 aromatic carbocycles. The van der Waals surface area contributed by atoms with Gasteiger partial charge < -0.3 is 29.5 Å². The van der Waals surface area contributed by atoms with E-state index < -0.39 is 0 Å². The zero-order valence-corrected chi connectivity index (χ0v) is 16.8. The van der Waals surface area contributed by atoms with Gasteiger partial charge in [-0.3, -0.25) is 4.79 Å². The molecule has 0 aromatic heterocycles. The molecule has 2 N–H and O–H groups in total. The number of carbonyl (C=O) groups excluding carboxylic acids is 1. The van der Waals surface area contributed by atoms with Gasteiger partial charge in [-0.25, -0.2) is 0 Å². The topological polar surface area (TPSA) is 80.3 Å². The Hall–Kier alpha value is -2.93. The predicted molar refractivity (Wildman–Crippen MR) is 110 cm³/mol. The summed E-state index contributed by atoms with van der Waals surface area (Å²) in [6, 6.07) is 12.1. The Morgan fingerprint density at radius 1 is 1.13 bits per heavy atom. The number of nitrogens with zero attached hydrogens (tertiary/aromatic N) is 1. The third-order valence-electron chi connectivity index (χ3n) is 6.17. The van der Waals surface area contributed by atoms with Crippen molar-refractivity contribution in [2.24, 2.45) is 5.92 Å². The Bertz CT molecular complexity index is 908. The maximum Gasteiger partial charge on any atom is 0.251 e. The fourth-order valence-corrected chi connectivity index (χ4v) is 4.45. The van der Waals surface area contributed by atoms with E-state index in [-0.39, 0.29) is 23.8 Å². The summed E-state index contributed by atoms with van der Waals surface area (Å²) in [5.41, 5.74) is 0.578. The molecule has 3 saturated heterocycles. The highest BCUT2D eigenvalue weighted by molar-refractivity contribution is 5.95. The van der Waals surface area contributed by atoms with Crippen molar-refractivity contribution in [3.8, 4) is 23.0 Å². The minimum Gasteiger partial charge on any atom is -0.508 e. The summed E-state index contributed by atoms with van der Waals surface area (Å²) in [7, 11) is 0. The van der Waals surface area contributed by atoms with E-state index in [1.165, 1.54) is 0 Å². The van der Waals surface area contributed by atoms with E-state index in [1.54, 1.807) is 42.5 Å². The molecule has 4 heterocycles. The molecule has 7 nitrogen and oxygen atoms in total. The summed E-state index contributed by atoms with van der Waals surface area (Å²) in [5.74, 6) is 2.54. The number of rotatable bonds is 5. The van der Waals surface area contributed by atoms with Crippen molar-refractivity contribution < 1.29 is 24.1 Å². The van der Waals surface area contributed by atoms with Crippen LogP contribution in [0.2, 0.25) is 0 Å². The molecule has 2 aromatic rings. The van der Waals surface area contributed by atoms with Gasteiger partial charge in [0.1, 0.15) is 24.7 Å². The Balaban J connectivity index is 1.21. The van der Waals surface area contributed by atoms with Crippen molar-refractivity contribution in [1.29, 1.82) is 0 Å². The smallest absolute Gasteiger partial charge is 0.251 e. The van der Waals surface area contributed by atoms with Crippen LogP contribution in [-0.2, 0) is 0 Å². The highest BCUT2D eigenvalue weighted by Gasteiger charge is 2.35. The van der Waals surface area contributed by atoms with E-state index in [0.717, 1.165) is 32.5 Å². The third kappa shape index (κ3) is 4.03. The van der Waals surface area contributed by atoms with Gasteiger partial charge in [-0.2, -0.15) is 0 Å². The Morgan fingerprint density at radius 2 is 1.93 bits per heavy atom. The number of piperidine rings is 3. The molecule has 2 atom stereocenters. The van der Waals surface area contributed by atoms with Gasteiger partial charge in [0, 0.05) is 18.2 Å². The van der Waals surface area contributed by atoms with Crippen molar-refractivity contribution in [3.05, 3.63) is 48.0 Å². The molecule has 2 bridgehead atoms. The monoisotopic (exact) mass is 410 g/mol. The maximum absolute atomic E-state index is 12.8. The van der Waals surface area contributed by atoms with Gasteiger partial charge in [-0.1, -0.05) is 0 Å². The number of hydrogen-bond acceptors (Lipinski definition) is 6. The van der Waals surface area contributed by atoms with E-state index in [1.807, 2.05) is 0 Å². The zero-order valence-electron chi connectivity index (χ0n) is 16.8. The van der Waals surface area contributed by atoms with Crippen LogP contribution >= 0.6 is 0 Å². The molecule has 6 rings (SSSR count). The molecule has 7 heteroatoms. The van der Waals surface area contributed by atoms with Crippen LogP contribution in [0.25, 0.3) is 0 Å². The molecule has 0 radical (unpaired) electrons. The number of aromatic hydroxyl groups is 1. The van der Waals surface area contributed by atoms with E-state index in [4.69, 9.17) is 14.2 Å². The first-order chi connectivity index (χ1) is 14.6. The Morgan fingerprint density at radius 3 is 2.67 bits per heavy atom. The largest absolute Gasteiger partial charge is 0.508 e. The van der Waals surface area contributed by atoms with Gasteiger partial charge in [0.2, 0.25) is 0 Å². The van der Waals surface area contributed by atoms with Crippen LogP contribution < -0.4 is 19.5 Å². The lowest BCUT2D eigenvalue weighted by molar-refractivity contribution is 0.0530. The normalized spacial score (nSPS) is 26.8. The van der Waals surface area contributed by atoms with Crippen LogP contribution in [0.5, 0.6) is 23.0 Å². The molecule has 0 aliphatic carbocycles. The summed E-state index contributed by atoms with van der Waals surface area (Å²) in [6.07, 6.45) is 2.04. The van der Waals surface area contributed by atoms with Crippen molar-refractivity contribution in [2.45, 2.75) is 25.0 Å². The SMILES string of the molecule is O=C(N[C@H]1CN2CCC1CC2)c1ccc2c(c1)O[C@@H](COc1ccc(O)cc1)CO2. The van der Waals surface area contributed by atoms with Crippen molar-refractivity contribution in [2.75, 3.05) is 32.8 Å². The molecule has 3 fully saturated rings. The minimum absolute atomic E-state index is 0.0670. The summed E-state index contributed by atoms with van der Waals surface area (Å²) >= 11 is 0. The number of nitrogens with one attached hydrogen (secondary N) is 1. The third-order valence-corrected chi connectivity index (χ3v) is 6.17. The van der Waals surface area contributed by atoms with E-state index in [2.05, 4.69) is 10.2 Å². The van der Waals surface area contributed by atoms with Gasteiger partial charge >= 0.3 is 0 Å². The lowest BCUT2D eigenvalue weighted by atomic mass is 9.84. The molecule has 1 amide bonds. The van der Waals surface area contributed by atoms with Gasteiger partial charge in [0.25, 0.3) is 5.91 Å². The molecule has 0 saturated carbocycles. The van der Waals surface area contributed by atoms with E-state index in [9.17, 15) is 9.90 Å². The van der Waals surface area contributed by atoms with Gasteiger partial charge in [-0.05, 0) is 74.3 Å². The molecule has 158 valence electrons. The Labute approximate surface area is 175 Å². The van der Waals surface area contributed by atoms with Gasteiger partial charge in [-0.15, -0.1) is 0 Å². The van der Waals surface area contributed by atoms with Crippen molar-refractivity contribution >= 4 is 5.91 Å². The zero-order chi connectivity index (χ0) is 20.5. The molecule has 0 unspecified atom stereocenters. The number of phenols is 1. The van der Waals surface area contributed by atoms with Crippen LogP contribution in [0.1, 0.15) is 23.2 Å². The summed E-state index contributed by atoms with van der Waals surface area (Å²) in [6.45, 7) is 3.91. The summed E-state index contributed by atoms with van der Waals surface area (Å²) in [4.78, 5) is 15.2. The van der Waals surface area contributed by atoms with Gasteiger partial charge in [0.05, 0.1) is 0 Å². The van der Waals surface area contributed by atoms with Crippen LogP contribution in [0, 0.1) is 5.92 Å². The first-order valence-electron chi connectivity index (χ1n) is 10.5. The number of benzene rings is 2. The average Bonchev–Trinajstić information content (AvgIpc) is 2.79. The molecule has 4 aliphatic rings. The number of amides is 1. The second-order valence-electron chi connectivity index (χ2n) is 8.24. The van der Waals surface area contributed by atoms with Crippen molar-refractivity contribution in [1.82, 2.24) is 10.2 Å². The first-order valence-corrected chi connectivity index (χ1v) is 10.5. The van der Waals surface area contributed by atoms with Crippen LogP contribution in [-0.4, -0.2) is 60.9 Å². The lowest BCUT2D eigenvalue weighted by Crippen LogP contribution is -2.57. The summed E-state index contributed by atoms with van der Waals surface area (Å²) < 4.78 is 17.5. The van der Waals surface area contributed by atoms with Crippen LogP contribution in [0.4, 0.5) is 0 Å². The first kappa shape index (κ1) is 19.1. The molecule has 4 aliphatic heterocycles. The van der Waals surface area contributed by atoms with E-state index >= 15 is 0 Å². The second kappa shape index (κ2) is 8.07. The number of fused-ring (bicyclic) bond motifs is 4. The fourth-order valence-electron chi connectivity index (χ4n) is 4.45. The number of carbonyl (C=O) groups is 1. The fraction of sp³-hybridized carbons (Fsp3) is 0.435. The quantitative estimate of drug-likeness (QED) is 0.788. The standard InChI is InChI=1S/C23H26N2O5/c26-17-2-4-18(5-3-17)28-13-19-14-29-21-6-1-16(11-22(21)30-19)23(27)24-20-12-25-9-7-15(20)8-10-25/h1-6,11,15,19-20,26H,7-10,12-14H2,(H,24,27)/t19-,20-/m0/s1. The van der Waals surface area contributed by atoms with Crippen LogP contribution in [0.3, 0.4) is 0 Å². The second-order valence-corrected chi connectivity index (χ2v) is 8.24. The summed E-state index contributed by atoms with van der Waals surface area (Å²) in [5, 5.41) is 12.6. The maximum atomic E-state index is 12.8. The number of ether oxygens (including phenoxy) is 3. The van der Waals surface area contributed by atoms with Crippen LogP contribution in [0.15, 0.2) is 42.5 Å². The Kier molecular flexibility index (Phi) is 5.12. The van der Waals surface area contributed by atoms with Crippen molar-refractivity contribution in [3.63, 3.8) is 0 Å². The molecular weight excluding hydrogens is 384 g/mol. The molecule has 0 spiro atoms. The molecule has 30 heavy (non-hydrogen) atoms. The lowest BCUT2D eigenvalue weighted by Gasteiger charge is -2.44. The van der Waals surface area contributed by atoms with E-state index in [0.29, 0.717) is 41.9 Å². The highest BCUT2D eigenvalue weighted by Crippen LogP contribution is 2.33. The number of hydrogen-bond donors (Lipinski definition) is 2. The predicted octanol–water partition coefficient (Wildman–Crippen LogP) is 2.44. The minimum atomic E-state index is -0.286. The average molecular weight is 410 g/mol.